The van der Waals surface area contributed by atoms with Gasteiger partial charge >= 0.3 is 0 Å². The Morgan fingerprint density at radius 3 is 2.68 bits per heavy atom. The highest BCUT2D eigenvalue weighted by atomic mass is 16.5. The third-order valence-corrected chi connectivity index (χ3v) is 3.80. The van der Waals surface area contributed by atoms with Gasteiger partial charge in [-0.05, 0) is 59.7 Å². The van der Waals surface area contributed by atoms with Gasteiger partial charge in [-0.15, -0.1) is 0 Å². The molecule has 0 unspecified atom stereocenters. The summed E-state index contributed by atoms with van der Waals surface area (Å²) in [5.41, 5.74) is 5.64. The minimum atomic E-state index is 0.678. The van der Waals surface area contributed by atoms with Gasteiger partial charge < -0.3 is 4.74 Å². The Hall–Kier alpha value is -2.09. The third kappa shape index (κ3) is 2.14. The van der Waals surface area contributed by atoms with Crippen LogP contribution in [0.3, 0.4) is 0 Å². The highest BCUT2D eigenvalue weighted by Crippen LogP contribution is 2.31. The fraction of sp³-hybridized carbons (Fsp3) is 0.235. The molecule has 0 saturated heterocycles. The van der Waals surface area contributed by atoms with Crippen molar-refractivity contribution in [2.45, 2.75) is 19.3 Å². The lowest BCUT2D eigenvalue weighted by Gasteiger charge is -2.09. The minimum absolute atomic E-state index is 0.678. The summed E-state index contributed by atoms with van der Waals surface area (Å²) in [6.45, 7) is 0. The van der Waals surface area contributed by atoms with Crippen LogP contribution in [0.5, 0.6) is 5.75 Å². The van der Waals surface area contributed by atoms with Gasteiger partial charge in [-0.25, -0.2) is 0 Å². The molecule has 0 amide bonds. The first-order valence-corrected chi connectivity index (χ1v) is 6.57. The molecule has 0 atom stereocenters. The van der Waals surface area contributed by atoms with E-state index in [0.29, 0.717) is 11.3 Å². The molecule has 0 spiro atoms. The van der Waals surface area contributed by atoms with Crippen LogP contribution in [0.25, 0.3) is 11.1 Å². The van der Waals surface area contributed by atoms with Gasteiger partial charge in [0.15, 0.2) is 6.29 Å². The molecule has 3 rings (SSSR count). The number of fused-ring (bicyclic) bond motifs is 1. The molecule has 0 radical (unpaired) electrons. The van der Waals surface area contributed by atoms with E-state index in [2.05, 4.69) is 18.2 Å². The van der Waals surface area contributed by atoms with Gasteiger partial charge in [0.1, 0.15) is 5.75 Å². The molecule has 0 aliphatic heterocycles. The van der Waals surface area contributed by atoms with Gasteiger partial charge in [0.25, 0.3) is 0 Å². The van der Waals surface area contributed by atoms with E-state index < -0.39 is 0 Å². The first-order chi connectivity index (χ1) is 9.31. The summed E-state index contributed by atoms with van der Waals surface area (Å²) >= 11 is 0. The first-order valence-electron chi connectivity index (χ1n) is 6.57. The summed E-state index contributed by atoms with van der Waals surface area (Å²) in [6.07, 6.45) is 4.46. The molecule has 2 aromatic carbocycles. The van der Waals surface area contributed by atoms with Crippen molar-refractivity contribution in [3.8, 4) is 16.9 Å². The second-order valence-electron chi connectivity index (χ2n) is 4.91. The monoisotopic (exact) mass is 252 g/mol. The molecule has 0 heterocycles. The Balaban J connectivity index is 2.08. The zero-order chi connectivity index (χ0) is 13.2. The van der Waals surface area contributed by atoms with Crippen LogP contribution in [0, 0.1) is 0 Å². The van der Waals surface area contributed by atoms with Gasteiger partial charge in [-0.2, -0.15) is 0 Å². The fourth-order valence-electron chi connectivity index (χ4n) is 2.77. The lowest BCUT2D eigenvalue weighted by atomic mass is 9.97. The molecule has 1 aliphatic carbocycles. The number of methoxy groups -OCH3 is 1. The Morgan fingerprint density at radius 1 is 1.05 bits per heavy atom. The van der Waals surface area contributed by atoms with E-state index >= 15 is 0 Å². The Kier molecular flexibility index (Phi) is 3.08. The van der Waals surface area contributed by atoms with Crippen LogP contribution in [0.15, 0.2) is 36.4 Å². The Labute approximate surface area is 113 Å². The van der Waals surface area contributed by atoms with E-state index in [9.17, 15) is 4.79 Å². The van der Waals surface area contributed by atoms with Crippen molar-refractivity contribution in [1.82, 2.24) is 0 Å². The largest absolute Gasteiger partial charge is 0.497 e. The molecule has 0 saturated carbocycles. The topological polar surface area (TPSA) is 26.3 Å². The van der Waals surface area contributed by atoms with Crippen molar-refractivity contribution >= 4 is 6.29 Å². The number of ether oxygens (including phenoxy) is 1. The van der Waals surface area contributed by atoms with Crippen LogP contribution in [0.1, 0.15) is 27.9 Å². The van der Waals surface area contributed by atoms with Crippen molar-refractivity contribution in [3.05, 3.63) is 53.1 Å². The van der Waals surface area contributed by atoms with Crippen molar-refractivity contribution in [2.75, 3.05) is 7.11 Å². The molecular formula is C17H16O2. The molecule has 96 valence electrons. The van der Waals surface area contributed by atoms with Crippen LogP contribution in [-0.2, 0) is 12.8 Å². The lowest BCUT2D eigenvalue weighted by Crippen LogP contribution is -1.92. The standard InChI is InChI=1S/C17H16O2/c1-19-16-7-8-17(15(10-16)11-18)14-6-5-12-3-2-4-13(12)9-14/h5-11H,2-4H2,1H3. The molecule has 2 heteroatoms. The average Bonchev–Trinajstić information content (AvgIpc) is 2.93. The van der Waals surface area contributed by atoms with Crippen LogP contribution >= 0.6 is 0 Å². The highest BCUT2D eigenvalue weighted by molar-refractivity contribution is 5.88. The molecule has 0 N–H and O–H groups in total. The van der Waals surface area contributed by atoms with E-state index in [4.69, 9.17) is 4.74 Å². The normalized spacial score (nSPS) is 13.1. The molecular weight excluding hydrogens is 236 g/mol. The number of hydrogen-bond acceptors (Lipinski definition) is 2. The van der Waals surface area contributed by atoms with Crippen molar-refractivity contribution in [3.63, 3.8) is 0 Å². The average molecular weight is 252 g/mol. The minimum Gasteiger partial charge on any atom is -0.497 e. The first kappa shape index (κ1) is 12.0. The van der Waals surface area contributed by atoms with Crippen LogP contribution < -0.4 is 4.74 Å². The number of carbonyl (C=O) groups excluding carboxylic acids is 1. The van der Waals surface area contributed by atoms with E-state index in [-0.39, 0.29) is 0 Å². The number of hydrogen-bond donors (Lipinski definition) is 0. The summed E-state index contributed by atoms with van der Waals surface area (Å²) in [5.74, 6) is 0.715. The molecule has 0 fully saturated rings. The van der Waals surface area contributed by atoms with Crippen LogP contribution in [0.4, 0.5) is 0 Å². The van der Waals surface area contributed by atoms with E-state index in [1.807, 2.05) is 12.1 Å². The van der Waals surface area contributed by atoms with Crippen LogP contribution in [-0.4, -0.2) is 13.4 Å². The van der Waals surface area contributed by atoms with Crippen molar-refractivity contribution < 1.29 is 9.53 Å². The maximum absolute atomic E-state index is 11.2. The lowest BCUT2D eigenvalue weighted by molar-refractivity contribution is 0.112. The summed E-state index contributed by atoms with van der Waals surface area (Å²) in [5, 5.41) is 0. The SMILES string of the molecule is COc1ccc(-c2ccc3c(c2)CCC3)c(C=O)c1. The van der Waals surface area contributed by atoms with Gasteiger partial charge in [-0.3, -0.25) is 4.79 Å². The van der Waals surface area contributed by atoms with Crippen LogP contribution in [0.2, 0.25) is 0 Å². The summed E-state index contributed by atoms with van der Waals surface area (Å²) < 4.78 is 5.16. The zero-order valence-corrected chi connectivity index (χ0v) is 11.0. The predicted molar refractivity (Wildman–Crippen MR) is 75.8 cm³/mol. The Morgan fingerprint density at radius 2 is 1.89 bits per heavy atom. The fourth-order valence-corrected chi connectivity index (χ4v) is 2.77. The Bertz CT molecular complexity index is 629. The van der Waals surface area contributed by atoms with Gasteiger partial charge in [0.05, 0.1) is 7.11 Å². The van der Waals surface area contributed by atoms with E-state index in [1.165, 1.54) is 24.0 Å². The van der Waals surface area contributed by atoms with E-state index in [1.54, 1.807) is 13.2 Å². The summed E-state index contributed by atoms with van der Waals surface area (Å²) in [4.78, 5) is 11.2. The smallest absolute Gasteiger partial charge is 0.150 e. The zero-order valence-electron chi connectivity index (χ0n) is 11.0. The van der Waals surface area contributed by atoms with Crippen molar-refractivity contribution in [1.29, 1.82) is 0 Å². The van der Waals surface area contributed by atoms with Gasteiger partial charge in [0, 0.05) is 5.56 Å². The molecule has 2 aromatic rings. The molecule has 0 aromatic heterocycles. The highest BCUT2D eigenvalue weighted by Gasteiger charge is 2.13. The second kappa shape index (κ2) is 4.88. The van der Waals surface area contributed by atoms with E-state index in [0.717, 1.165) is 23.8 Å². The number of carbonyl (C=O) groups is 1. The number of aldehydes is 1. The summed E-state index contributed by atoms with van der Waals surface area (Å²) in [6, 6.07) is 12.2. The maximum Gasteiger partial charge on any atom is 0.150 e. The summed E-state index contributed by atoms with van der Waals surface area (Å²) in [7, 11) is 1.61. The van der Waals surface area contributed by atoms with Gasteiger partial charge in [-0.1, -0.05) is 18.2 Å². The molecule has 19 heavy (non-hydrogen) atoms. The predicted octanol–water partition coefficient (Wildman–Crippen LogP) is 3.66. The maximum atomic E-state index is 11.2. The molecule has 0 bridgehead atoms. The molecule has 2 nitrogen and oxygen atoms in total. The molecule has 1 aliphatic rings. The number of benzene rings is 2. The third-order valence-electron chi connectivity index (χ3n) is 3.80. The quantitative estimate of drug-likeness (QED) is 0.779. The van der Waals surface area contributed by atoms with Gasteiger partial charge in [0.2, 0.25) is 0 Å². The second-order valence-corrected chi connectivity index (χ2v) is 4.91. The van der Waals surface area contributed by atoms with Crippen molar-refractivity contribution in [2.24, 2.45) is 0 Å². The number of aryl methyl sites for hydroxylation is 2. The number of rotatable bonds is 3.